The molecule has 6 rings (SSSR count). The Balaban J connectivity index is 1.69. The molecule has 3 heteroatoms. The van der Waals surface area contributed by atoms with Gasteiger partial charge in [-0.3, -0.25) is 4.98 Å². The molecule has 5 aromatic rings. The van der Waals surface area contributed by atoms with Crippen molar-refractivity contribution in [2.24, 2.45) is 10.8 Å². The van der Waals surface area contributed by atoms with Gasteiger partial charge in [0.25, 0.3) is 0 Å². The summed E-state index contributed by atoms with van der Waals surface area (Å²) in [6, 6.07) is 19.9. The molecule has 1 aliphatic rings. The van der Waals surface area contributed by atoms with Gasteiger partial charge in [-0.15, -0.1) is 0 Å². The Morgan fingerprint density at radius 3 is 2.24 bits per heavy atom. The van der Waals surface area contributed by atoms with E-state index >= 15 is 0 Å². The molecule has 0 N–H and O–H groups in total. The summed E-state index contributed by atoms with van der Waals surface area (Å²) in [6.45, 7) is 15.8. The van der Waals surface area contributed by atoms with Crippen LogP contribution in [0.2, 0.25) is 0 Å². The molecular weight excluding hydrogens is 449 g/mol. The van der Waals surface area contributed by atoms with E-state index < -0.39 is 0 Å². The Morgan fingerprint density at radius 2 is 1.51 bits per heavy atom. The molecule has 184 valence electrons. The van der Waals surface area contributed by atoms with Crippen LogP contribution in [0.3, 0.4) is 0 Å². The predicted molar refractivity (Wildman–Crippen MR) is 159 cm³/mol. The normalized spacial score (nSPS) is 13.3. The van der Waals surface area contributed by atoms with Gasteiger partial charge >= 0.3 is 0 Å². The molecule has 2 heterocycles. The van der Waals surface area contributed by atoms with Gasteiger partial charge in [0.05, 0.1) is 11.1 Å². The number of hydrogen-bond donors (Lipinski definition) is 0. The number of aromatic nitrogens is 1. The molecule has 2 nitrogen and oxygen atoms in total. The quantitative estimate of drug-likeness (QED) is 0.182. The highest BCUT2D eigenvalue weighted by molar-refractivity contribution is 6.33. The fourth-order valence-corrected chi connectivity index (χ4v) is 5.89. The minimum atomic E-state index is 0.0991. The lowest BCUT2D eigenvalue weighted by Crippen LogP contribution is -2.15. The van der Waals surface area contributed by atoms with E-state index in [9.17, 15) is 0 Å². The third-order valence-corrected chi connectivity index (χ3v) is 7.24. The third kappa shape index (κ3) is 4.29. The number of nitrogens with zero attached hydrogens (tertiary/aromatic N) is 1. The summed E-state index contributed by atoms with van der Waals surface area (Å²) in [6.07, 6.45) is 1.92. The molecule has 0 amide bonds. The standard InChI is InChI=1S/C34H34BNO/c1-19-8-11-23-22(12-19)14-26-31-30-25(16-29(35)36-31)24-13-20(17-33(2,3)4)9-10-21(24)15-28(30)37-32(26)27(23)18-34(5,6)7/h8-16H,17-18H2,1-7H3. The molecular formula is C34H34BNO. The van der Waals surface area contributed by atoms with Crippen LogP contribution in [0.15, 0.2) is 54.6 Å². The number of hydrogen-bond acceptors (Lipinski definition) is 2. The lowest BCUT2D eigenvalue weighted by molar-refractivity contribution is 0.400. The Hall–Kier alpha value is -3.33. The summed E-state index contributed by atoms with van der Waals surface area (Å²) in [7, 11) is 6.49. The average molecular weight is 483 g/mol. The largest absolute Gasteiger partial charge is 0.456 e. The van der Waals surface area contributed by atoms with E-state index in [0.717, 1.165) is 51.8 Å². The maximum atomic E-state index is 6.84. The van der Waals surface area contributed by atoms with Gasteiger partial charge in [0.1, 0.15) is 19.3 Å². The first kappa shape index (κ1) is 24.0. The summed E-state index contributed by atoms with van der Waals surface area (Å²) < 4.78 is 6.84. The van der Waals surface area contributed by atoms with E-state index in [2.05, 4.69) is 97.0 Å². The van der Waals surface area contributed by atoms with E-state index in [4.69, 9.17) is 17.6 Å². The highest BCUT2D eigenvalue weighted by Crippen LogP contribution is 2.51. The molecule has 37 heavy (non-hydrogen) atoms. The van der Waals surface area contributed by atoms with E-state index in [0.29, 0.717) is 5.59 Å². The lowest BCUT2D eigenvalue weighted by atomic mass is 9.82. The fraction of sp³-hybridized carbons (Fsp3) is 0.324. The van der Waals surface area contributed by atoms with Crippen molar-refractivity contribution in [3.05, 3.63) is 71.3 Å². The van der Waals surface area contributed by atoms with Crippen LogP contribution in [0, 0.1) is 17.8 Å². The molecule has 0 bridgehead atoms. The molecule has 0 saturated carbocycles. The lowest BCUT2D eigenvalue weighted by Gasteiger charge is -2.28. The van der Waals surface area contributed by atoms with Crippen molar-refractivity contribution >= 4 is 45.8 Å². The van der Waals surface area contributed by atoms with E-state index in [-0.39, 0.29) is 10.8 Å². The van der Waals surface area contributed by atoms with E-state index in [1.54, 1.807) is 0 Å². The van der Waals surface area contributed by atoms with Gasteiger partial charge in [-0.1, -0.05) is 83.5 Å². The highest BCUT2D eigenvalue weighted by Gasteiger charge is 2.29. The first-order chi connectivity index (χ1) is 17.4. The molecule has 0 unspecified atom stereocenters. The summed E-state index contributed by atoms with van der Waals surface area (Å²) >= 11 is 0. The number of ether oxygens (including phenoxy) is 1. The Morgan fingerprint density at radius 1 is 0.757 bits per heavy atom. The van der Waals surface area contributed by atoms with Crippen LogP contribution in [0.1, 0.15) is 58.2 Å². The van der Waals surface area contributed by atoms with Crippen molar-refractivity contribution in [2.75, 3.05) is 0 Å². The van der Waals surface area contributed by atoms with Crippen LogP contribution >= 0.6 is 0 Å². The number of pyridine rings is 1. The van der Waals surface area contributed by atoms with E-state index in [1.165, 1.54) is 32.8 Å². The van der Waals surface area contributed by atoms with Crippen molar-refractivity contribution in [3.8, 4) is 22.8 Å². The highest BCUT2D eigenvalue weighted by atomic mass is 16.5. The number of rotatable bonds is 2. The topological polar surface area (TPSA) is 22.1 Å². The van der Waals surface area contributed by atoms with Crippen LogP contribution in [0.4, 0.5) is 0 Å². The van der Waals surface area contributed by atoms with Crippen molar-refractivity contribution < 1.29 is 4.74 Å². The van der Waals surface area contributed by atoms with Gasteiger partial charge in [-0.2, -0.15) is 0 Å². The minimum absolute atomic E-state index is 0.0991. The van der Waals surface area contributed by atoms with Crippen LogP contribution in [0.25, 0.3) is 43.6 Å². The minimum Gasteiger partial charge on any atom is -0.456 e. The number of benzene rings is 4. The molecule has 1 aliphatic heterocycles. The van der Waals surface area contributed by atoms with Crippen molar-refractivity contribution in [3.63, 3.8) is 0 Å². The van der Waals surface area contributed by atoms with Crippen molar-refractivity contribution in [1.82, 2.24) is 4.98 Å². The summed E-state index contributed by atoms with van der Waals surface area (Å²) in [5.74, 6) is 1.78. The first-order valence-corrected chi connectivity index (χ1v) is 13.3. The molecule has 0 saturated heterocycles. The van der Waals surface area contributed by atoms with Gasteiger partial charge in [0.15, 0.2) is 0 Å². The average Bonchev–Trinajstić information content (AvgIpc) is 2.77. The first-order valence-electron chi connectivity index (χ1n) is 13.3. The SMILES string of the molecule is [B]c1cc2c3c(cc4ccc(CC(C)(C)C)cc42)Oc2c(cc4cc(C)ccc4c2CC(C)(C)C)-c3n1. The zero-order valence-electron chi connectivity index (χ0n) is 23.0. The van der Waals surface area contributed by atoms with Gasteiger partial charge < -0.3 is 4.74 Å². The maximum Gasteiger partial charge on any atom is 0.141 e. The van der Waals surface area contributed by atoms with E-state index in [1.807, 2.05) is 6.07 Å². The van der Waals surface area contributed by atoms with Gasteiger partial charge in [-0.25, -0.2) is 0 Å². The van der Waals surface area contributed by atoms with Gasteiger partial charge in [0.2, 0.25) is 0 Å². The summed E-state index contributed by atoms with van der Waals surface area (Å²) in [5.41, 5.74) is 6.63. The van der Waals surface area contributed by atoms with Gasteiger partial charge in [-0.05, 0) is 86.9 Å². The maximum absolute atomic E-state index is 6.84. The summed E-state index contributed by atoms with van der Waals surface area (Å²) in [5, 5.41) is 6.99. The van der Waals surface area contributed by atoms with Crippen LogP contribution < -0.4 is 10.3 Å². The Kier molecular flexibility index (Phi) is 5.25. The van der Waals surface area contributed by atoms with Crippen molar-refractivity contribution in [1.29, 1.82) is 0 Å². The van der Waals surface area contributed by atoms with Crippen LogP contribution in [-0.4, -0.2) is 12.8 Å². The third-order valence-electron chi connectivity index (χ3n) is 7.24. The molecule has 1 aromatic heterocycles. The fourth-order valence-electron chi connectivity index (χ4n) is 5.89. The second-order valence-electron chi connectivity index (χ2n) is 13.3. The monoisotopic (exact) mass is 483 g/mol. The number of aryl methyl sites for hydroxylation is 1. The molecule has 4 aromatic carbocycles. The molecule has 0 aliphatic carbocycles. The number of fused-ring (bicyclic) bond motifs is 5. The predicted octanol–water partition coefficient (Wildman–Crippen LogP) is 8.59. The molecule has 0 atom stereocenters. The van der Waals surface area contributed by atoms with Gasteiger partial charge in [0, 0.05) is 11.1 Å². The van der Waals surface area contributed by atoms with Crippen molar-refractivity contribution in [2.45, 2.75) is 61.3 Å². The molecule has 2 radical (unpaired) electrons. The van der Waals surface area contributed by atoms with Crippen LogP contribution in [-0.2, 0) is 12.8 Å². The zero-order valence-corrected chi connectivity index (χ0v) is 23.0. The summed E-state index contributed by atoms with van der Waals surface area (Å²) in [4.78, 5) is 4.93. The Bertz CT molecular complexity index is 1730. The second kappa shape index (κ2) is 8.09. The second-order valence-corrected chi connectivity index (χ2v) is 13.3. The van der Waals surface area contributed by atoms with Crippen LogP contribution in [0.5, 0.6) is 11.5 Å². The molecule has 0 spiro atoms. The Labute approximate surface area is 221 Å². The smallest absolute Gasteiger partial charge is 0.141 e. The zero-order chi connectivity index (χ0) is 26.3. The molecule has 0 fully saturated rings.